The quantitative estimate of drug-likeness (QED) is 0.0736. The topological polar surface area (TPSA) is 179 Å². The van der Waals surface area contributed by atoms with Crippen LogP contribution in [0.1, 0.15) is 90.2 Å². The highest BCUT2D eigenvalue weighted by Gasteiger charge is 2.35. The van der Waals surface area contributed by atoms with Crippen molar-refractivity contribution in [2.24, 2.45) is 31.7 Å². The van der Waals surface area contributed by atoms with Gasteiger partial charge < -0.3 is 34.4 Å². The molecule has 0 spiro atoms. The van der Waals surface area contributed by atoms with Gasteiger partial charge in [-0.25, -0.2) is 13.9 Å². The Kier molecular flexibility index (Phi) is 19.0. The van der Waals surface area contributed by atoms with E-state index in [1.165, 1.54) is 0 Å². The predicted molar refractivity (Wildman–Crippen MR) is 263 cm³/mol. The number of esters is 2. The van der Waals surface area contributed by atoms with Crippen LogP contribution >= 0.6 is 37.2 Å². The van der Waals surface area contributed by atoms with Crippen molar-refractivity contribution >= 4 is 88.6 Å². The third kappa shape index (κ3) is 12.1. The molecule has 368 valence electrons. The number of aryl methyl sites for hydroxylation is 2. The van der Waals surface area contributed by atoms with Crippen LogP contribution in [0.5, 0.6) is 0 Å². The van der Waals surface area contributed by atoms with Gasteiger partial charge in [0.2, 0.25) is 13.5 Å². The number of fused-ring (bicyclic) bond motifs is 6. The molecule has 6 aromatic rings. The molecule has 2 aliphatic rings. The molecule has 1 amide bonds. The number of nitrogens with zero attached hydrogens (tertiary/aromatic N) is 6. The van der Waals surface area contributed by atoms with Crippen LogP contribution < -0.4 is 20.2 Å². The fourth-order valence-electron chi connectivity index (χ4n) is 9.01. The van der Waals surface area contributed by atoms with Crippen LogP contribution in [0.3, 0.4) is 0 Å². The Bertz CT molecular complexity index is 2770. The van der Waals surface area contributed by atoms with E-state index in [4.69, 9.17) is 19.9 Å². The molecule has 68 heavy (non-hydrogen) atoms. The maximum atomic E-state index is 13.5. The molecule has 0 fully saturated rings. The van der Waals surface area contributed by atoms with Crippen LogP contribution in [-0.2, 0) is 77.3 Å². The number of amides is 1. The average Bonchev–Trinajstić information content (AvgIpc) is 3.98. The zero-order valence-corrected chi connectivity index (χ0v) is 42.3. The molecule has 16 nitrogen and oxygen atoms in total. The number of benzene rings is 2. The second-order valence-corrected chi connectivity index (χ2v) is 17.9. The number of halogens is 3. The van der Waals surface area contributed by atoms with E-state index < -0.39 is 17.7 Å². The van der Waals surface area contributed by atoms with Crippen molar-refractivity contribution < 1.29 is 47.3 Å². The number of nitrogens with one attached hydrogen (secondary N) is 1. The molecule has 0 saturated heterocycles. The van der Waals surface area contributed by atoms with Crippen molar-refractivity contribution in [3.63, 3.8) is 0 Å². The molecule has 4 heterocycles. The average molecular weight is 1000 g/mol. The minimum absolute atomic E-state index is 0. The Morgan fingerprint density at radius 2 is 1.13 bits per heavy atom. The summed E-state index contributed by atoms with van der Waals surface area (Å²) in [4.78, 5) is 62.1. The van der Waals surface area contributed by atoms with Crippen LogP contribution in [0, 0.1) is 25.7 Å². The molecule has 0 bridgehead atoms. The predicted octanol–water partition coefficient (Wildman–Crippen LogP) is 6.57. The van der Waals surface area contributed by atoms with E-state index in [-0.39, 0.29) is 106 Å². The zero-order chi connectivity index (χ0) is 46.6. The number of hydrogen-bond acceptors (Lipinski definition) is 9. The standard InChI is InChI=1S/C27H34N4O5.C22H27N4O3.3ClH/c1-18-30(14-15-31(18)17-35-23(32)12-13-28-26(34)36-27(2,3)4)16-19-10-11-22-24(25(19)33)20-8-6-7-9-21(20)29(22)5;1-15-25(11-12-26(15)14-29-20(27)9-10-23)13-16-7-8-19-21(22(16)28)17-5-3-4-6-18(17)24(19)2;;;/h6-9,14-15,19H,10-13,16-17H2,1-5H3;3-6,11-12,16H,7-10,13-14,23H2,1-2H3;3*1H/q;+1;;;/p+1. The van der Waals surface area contributed by atoms with Gasteiger partial charge in [0.05, 0.1) is 24.7 Å². The maximum absolute atomic E-state index is 13.5. The second-order valence-electron chi connectivity index (χ2n) is 17.9. The van der Waals surface area contributed by atoms with Crippen molar-refractivity contribution in [1.82, 2.24) is 23.6 Å². The lowest BCUT2D eigenvalue weighted by Gasteiger charge is -2.21. The number of alkyl carbamates (subject to hydrolysis) is 1. The zero-order valence-electron chi connectivity index (χ0n) is 39.8. The first-order valence-corrected chi connectivity index (χ1v) is 22.4. The molecule has 0 saturated carbocycles. The van der Waals surface area contributed by atoms with Crippen LogP contribution in [0.2, 0.25) is 0 Å². The van der Waals surface area contributed by atoms with E-state index in [0.29, 0.717) is 13.1 Å². The Morgan fingerprint density at radius 1 is 0.706 bits per heavy atom. The summed E-state index contributed by atoms with van der Waals surface area (Å²) in [6.45, 7) is 11.1. The van der Waals surface area contributed by atoms with E-state index in [0.717, 1.165) is 81.7 Å². The third-order valence-corrected chi connectivity index (χ3v) is 12.6. The van der Waals surface area contributed by atoms with Gasteiger partial charge in [-0.15, -0.1) is 37.2 Å². The number of rotatable bonds is 13. The molecule has 0 radical (unpaired) electrons. The molecule has 2 aromatic carbocycles. The van der Waals surface area contributed by atoms with Gasteiger partial charge in [-0.3, -0.25) is 19.2 Å². The van der Waals surface area contributed by atoms with E-state index in [1.54, 1.807) is 20.8 Å². The number of carbonyl (C=O) groups excluding carboxylic acids is 5. The Morgan fingerprint density at radius 3 is 1.56 bits per heavy atom. The maximum Gasteiger partial charge on any atom is 0.407 e. The number of hydrogen-bond donors (Lipinski definition) is 2. The van der Waals surface area contributed by atoms with Gasteiger partial charge in [0.15, 0.2) is 11.6 Å². The van der Waals surface area contributed by atoms with E-state index in [2.05, 4.69) is 31.2 Å². The normalized spacial score (nSPS) is 15.2. The van der Waals surface area contributed by atoms with Gasteiger partial charge >= 0.3 is 18.0 Å². The summed E-state index contributed by atoms with van der Waals surface area (Å²) in [5.41, 5.74) is 11.0. The molecule has 2 aliphatic carbocycles. The summed E-state index contributed by atoms with van der Waals surface area (Å²) < 4.78 is 27.8. The molecule has 4 aromatic heterocycles. The van der Waals surface area contributed by atoms with Crippen LogP contribution in [0.15, 0.2) is 73.3 Å². The first-order chi connectivity index (χ1) is 31.1. The molecular formula is C49H65Cl3N8O8+2. The Labute approximate surface area is 415 Å². The molecule has 3 N–H and O–H groups in total. The first-order valence-electron chi connectivity index (χ1n) is 22.4. The lowest BCUT2D eigenvalue weighted by molar-refractivity contribution is -0.732. The van der Waals surface area contributed by atoms with Gasteiger partial charge in [0.1, 0.15) is 43.5 Å². The highest BCUT2D eigenvalue weighted by molar-refractivity contribution is 6.12. The molecule has 8 rings (SSSR count). The lowest BCUT2D eigenvalue weighted by Crippen LogP contribution is -2.39. The summed E-state index contributed by atoms with van der Waals surface area (Å²) in [6, 6.07) is 16.2. The van der Waals surface area contributed by atoms with E-state index in [1.807, 2.05) is 103 Å². The highest BCUT2D eigenvalue weighted by atomic mass is 35.5. The lowest BCUT2D eigenvalue weighted by atomic mass is 9.85. The monoisotopic (exact) mass is 998 g/mol. The number of imidazole rings is 2. The summed E-state index contributed by atoms with van der Waals surface area (Å²) in [5, 5.41) is 4.62. The Balaban J connectivity index is 0.000000290. The van der Waals surface area contributed by atoms with E-state index in [9.17, 15) is 24.0 Å². The SMILES string of the molecule is Cc1n(CC2CCc3c(c4ccccc4n3C)C2=O)cc[n+]1COC(=O)CCN.Cc1n(CC2CCc3c(c4ccccc4n3C)C2=O)cc[n+]1COC(=O)CCNC(=O)OC(C)(C)C.Cl.Cl.Cl. The molecule has 2 unspecified atom stereocenters. The Hall–Kier alpha value is -5.68. The number of carbonyl (C=O) groups is 5. The molecule has 19 heteroatoms. The van der Waals surface area contributed by atoms with Crippen molar-refractivity contribution in [3.8, 4) is 0 Å². The summed E-state index contributed by atoms with van der Waals surface area (Å²) in [5.74, 6) is 1.36. The molecular weight excluding hydrogens is 935 g/mol. The van der Waals surface area contributed by atoms with Gasteiger partial charge in [-0.1, -0.05) is 36.4 Å². The molecule has 2 atom stereocenters. The van der Waals surface area contributed by atoms with Gasteiger partial charge in [-0.05, 0) is 58.6 Å². The second kappa shape index (κ2) is 23.6. The third-order valence-electron chi connectivity index (χ3n) is 12.6. The van der Waals surface area contributed by atoms with Gasteiger partial charge in [-0.2, -0.15) is 9.13 Å². The van der Waals surface area contributed by atoms with Crippen molar-refractivity contribution in [2.45, 2.75) is 105 Å². The summed E-state index contributed by atoms with van der Waals surface area (Å²) in [6.07, 6.45) is 10.7. The first kappa shape index (κ1) is 54.9. The number of ketones is 2. The number of nitrogens with two attached hydrogens (primary N) is 1. The van der Waals surface area contributed by atoms with Crippen LogP contribution in [-0.4, -0.2) is 66.6 Å². The van der Waals surface area contributed by atoms with Gasteiger partial charge in [0, 0.05) is 85.4 Å². The number of para-hydroxylation sites is 2. The largest absolute Gasteiger partial charge is 0.444 e. The molecule has 0 aliphatic heterocycles. The number of ether oxygens (including phenoxy) is 3. The van der Waals surface area contributed by atoms with Crippen molar-refractivity contribution in [3.05, 3.63) is 107 Å². The summed E-state index contributed by atoms with van der Waals surface area (Å²) >= 11 is 0. The highest BCUT2D eigenvalue weighted by Crippen LogP contribution is 2.36. The number of aromatic nitrogens is 6. The van der Waals surface area contributed by atoms with Crippen LogP contribution in [0.4, 0.5) is 4.79 Å². The summed E-state index contributed by atoms with van der Waals surface area (Å²) in [7, 11) is 4.07. The van der Waals surface area contributed by atoms with Crippen molar-refractivity contribution in [2.75, 3.05) is 13.1 Å². The fourth-order valence-corrected chi connectivity index (χ4v) is 9.01. The smallest absolute Gasteiger partial charge is 0.407 e. The minimum atomic E-state index is -0.592. The van der Waals surface area contributed by atoms with E-state index >= 15 is 0 Å². The van der Waals surface area contributed by atoms with Gasteiger partial charge in [0.25, 0.3) is 11.6 Å². The van der Waals surface area contributed by atoms with Crippen molar-refractivity contribution in [1.29, 1.82) is 0 Å². The van der Waals surface area contributed by atoms with Crippen LogP contribution in [0.25, 0.3) is 21.8 Å². The minimum Gasteiger partial charge on any atom is -0.444 e. The fraction of sp³-hybridized carbons (Fsp3) is 0.449. The number of Topliss-reactive ketones (excluding diaryl/α,β-unsaturated/α-hetero) is 2.